The lowest BCUT2D eigenvalue weighted by atomic mass is 9.84. The van der Waals surface area contributed by atoms with Crippen LogP contribution in [0.2, 0.25) is 0 Å². The third kappa shape index (κ3) is 3.82. The number of hydrogen-bond acceptors (Lipinski definition) is 3. The molecule has 3 heterocycles. The summed E-state index contributed by atoms with van der Waals surface area (Å²) in [6.45, 7) is 0. The van der Waals surface area contributed by atoms with E-state index in [1.165, 1.54) is 58.4 Å². The molecular weight excluding hydrogens is 617 g/mol. The maximum absolute atomic E-state index is 6.83. The lowest BCUT2D eigenvalue weighted by molar-refractivity contribution is 0.633. The fourth-order valence-corrected chi connectivity index (χ4v) is 9.21. The molecule has 0 atom stereocenters. The molecule has 0 unspecified atom stereocenters. The van der Waals surface area contributed by atoms with Crippen LogP contribution in [0.25, 0.3) is 108 Å². The van der Waals surface area contributed by atoms with Crippen molar-refractivity contribution in [2.45, 2.75) is 0 Å². The van der Waals surface area contributed by atoms with Gasteiger partial charge in [0.25, 0.3) is 0 Å². The molecule has 3 heteroatoms. The van der Waals surface area contributed by atoms with Crippen LogP contribution >= 0.6 is 11.3 Å². The van der Waals surface area contributed by atoms with Crippen LogP contribution in [0.1, 0.15) is 0 Å². The maximum atomic E-state index is 6.83. The van der Waals surface area contributed by atoms with E-state index in [0.717, 1.165) is 49.8 Å². The molecule has 0 amide bonds. The van der Waals surface area contributed by atoms with Crippen molar-refractivity contribution in [2.75, 3.05) is 0 Å². The standard InChI is InChI=1S/C46H26O2S/c1-2-13-27(14-3-1)39-26-37-36(25-40-44(45(37)48-39)34-20-8-10-23-38(34)47-40)43-31-18-6-4-16-29(31)42(30-17-5-7-19-32(30)43)35-22-12-21-33-28-15-9-11-24-41(28)49-46(33)35/h1-26H. The van der Waals surface area contributed by atoms with Gasteiger partial charge in [-0.05, 0) is 62.5 Å². The molecule has 3 aromatic heterocycles. The average Bonchev–Trinajstić information content (AvgIpc) is 3.87. The van der Waals surface area contributed by atoms with Gasteiger partial charge in [-0.3, -0.25) is 0 Å². The number of para-hydroxylation sites is 1. The van der Waals surface area contributed by atoms with Crippen LogP contribution in [-0.2, 0) is 0 Å². The predicted octanol–water partition coefficient (Wildman–Crippen LogP) is 14.0. The van der Waals surface area contributed by atoms with Crippen LogP contribution in [0.5, 0.6) is 0 Å². The molecule has 0 spiro atoms. The molecule has 11 aromatic rings. The van der Waals surface area contributed by atoms with E-state index in [4.69, 9.17) is 8.83 Å². The van der Waals surface area contributed by atoms with Crippen LogP contribution in [0.3, 0.4) is 0 Å². The van der Waals surface area contributed by atoms with E-state index in [-0.39, 0.29) is 0 Å². The van der Waals surface area contributed by atoms with Crippen molar-refractivity contribution in [3.05, 3.63) is 158 Å². The SMILES string of the molecule is c1ccc(-c2cc3c(-c4c5ccccc5c(-c5cccc6c5sc5ccccc56)c5ccccc45)cc4oc5ccccc5c4c3o2)cc1. The van der Waals surface area contributed by atoms with Crippen molar-refractivity contribution >= 4 is 86.0 Å². The molecule has 0 aliphatic rings. The van der Waals surface area contributed by atoms with Gasteiger partial charge in [-0.15, -0.1) is 11.3 Å². The van der Waals surface area contributed by atoms with Crippen molar-refractivity contribution in [2.24, 2.45) is 0 Å². The van der Waals surface area contributed by atoms with Gasteiger partial charge in [0.2, 0.25) is 0 Å². The third-order valence-corrected chi connectivity index (χ3v) is 11.3. The molecule has 8 aromatic carbocycles. The summed E-state index contributed by atoms with van der Waals surface area (Å²) in [7, 11) is 0. The Hall–Kier alpha value is -6.16. The van der Waals surface area contributed by atoms with Crippen LogP contribution < -0.4 is 0 Å². The molecule has 0 saturated heterocycles. The number of furan rings is 2. The smallest absolute Gasteiger partial charge is 0.147 e. The Morgan fingerprint density at radius 3 is 1.71 bits per heavy atom. The first kappa shape index (κ1) is 26.9. The van der Waals surface area contributed by atoms with Crippen LogP contribution in [0.15, 0.2) is 167 Å². The van der Waals surface area contributed by atoms with Gasteiger partial charge in [0.1, 0.15) is 22.5 Å². The van der Waals surface area contributed by atoms with Crippen LogP contribution in [0, 0.1) is 0 Å². The number of thiophene rings is 1. The Morgan fingerprint density at radius 2 is 0.980 bits per heavy atom. The lowest BCUT2D eigenvalue weighted by Crippen LogP contribution is -1.91. The molecule has 0 saturated carbocycles. The van der Waals surface area contributed by atoms with Gasteiger partial charge in [-0.1, -0.05) is 133 Å². The quantitative estimate of drug-likeness (QED) is 0.179. The van der Waals surface area contributed by atoms with E-state index in [1.54, 1.807) is 0 Å². The minimum atomic E-state index is 0.824. The summed E-state index contributed by atoms with van der Waals surface area (Å²) in [5.41, 5.74) is 8.41. The van der Waals surface area contributed by atoms with Gasteiger partial charge >= 0.3 is 0 Å². The normalized spacial score (nSPS) is 12.1. The monoisotopic (exact) mass is 642 g/mol. The number of rotatable bonds is 3. The van der Waals surface area contributed by atoms with E-state index in [9.17, 15) is 0 Å². The Bertz CT molecular complexity index is 3050. The molecule has 11 rings (SSSR count). The molecule has 0 bridgehead atoms. The van der Waals surface area contributed by atoms with E-state index in [0.29, 0.717) is 0 Å². The zero-order chi connectivity index (χ0) is 32.1. The summed E-state index contributed by atoms with van der Waals surface area (Å²) in [4.78, 5) is 0. The van der Waals surface area contributed by atoms with Gasteiger partial charge < -0.3 is 8.83 Å². The molecule has 2 nitrogen and oxygen atoms in total. The highest BCUT2D eigenvalue weighted by atomic mass is 32.1. The Morgan fingerprint density at radius 1 is 0.388 bits per heavy atom. The second-order valence-corrected chi connectivity index (χ2v) is 13.8. The molecule has 49 heavy (non-hydrogen) atoms. The highest BCUT2D eigenvalue weighted by molar-refractivity contribution is 7.26. The van der Waals surface area contributed by atoms with Crippen molar-refractivity contribution < 1.29 is 8.83 Å². The summed E-state index contributed by atoms with van der Waals surface area (Å²) < 4.78 is 16.0. The van der Waals surface area contributed by atoms with Gasteiger partial charge in [0.15, 0.2) is 0 Å². The molecule has 0 aliphatic heterocycles. The van der Waals surface area contributed by atoms with E-state index in [2.05, 4.69) is 140 Å². The maximum Gasteiger partial charge on any atom is 0.147 e. The van der Waals surface area contributed by atoms with Crippen molar-refractivity contribution in [1.29, 1.82) is 0 Å². The fourth-order valence-electron chi connectivity index (χ4n) is 7.99. The number of benzene rings is 8. The molecule has 0 fully saturated rings. The molecule has 0 N–H and O–H groups in total. The molecule has 228 valence electrons. The van der Waals surface area contributed by atoms with Crippen molar-refractivity contribution in [3.63, 3.8) is 0 Å². The van der Waals surface area contributed by atoms with Crippen molar-refractivity contribution in [3.8, 4) is 33.6 Å². The highest BCUT2D eigenvalue weighted by Gasteiger charge is 2.24. The second-order valence-electron chi connectivity index (χ2n) is 12.7. The first-order chi connectivity index (χ1) is 24.3. The molecule has 0 aliphatic carbocycles. The zero-order valence-corrected chi connectivity index (χ0v) is 27.1. The van der Waals surface area contributed by atoms with Gasteiger partial charge in [0.05, 0.1) is 5.39 Å². The minimum Gasteiger partial charge on any atom is -0.456 e. The molecule has 0 radical (unpaired) electrons. The average molecular weight is 643 g/mol. The Balaban J connectivity index is 1.30. The highest BCUT2D eigenvalue weighted by Crippen LogP contribution is 2.50. The van der Waals surface area contributed by atoms with Crippen LogP contribution in [-0.4, -0.2) is 0 Å². The van der Waals surface area contributed by atoms with Crippen molar-refractivity contribution in [1.82, 2.24) is 0 Å². The van der Waals surface area contributed by atoms with Gasteiger partial charge in [-0.2, -0.15) is 0 Å². The largest absolute Gasteiger partial charge is 0.456 e. The van der Waals surface area contributed by atoms with E-state index in [1.807, 2.05) is 29.5 Å². The summed E-state index contributed by atoms with van der Waals surface area (Å²) >= 11 is 1.88. The zero-order valence-electron chi connectivity index (χ0n) is 26.2. The predicted molar refractivity (Wildman–Crippen MR) is 208 cm³/mol. The first-order valence-corrected chi connectivity index (χ1v) is 17.4. The minimum absolute atomic E-state index is 0.824. The topological polar surface area (TPSA) is 26.3 Å². The number of hydrogen-bond donors (Lipinski definition) is 0. The Labute approximate surface area is 285 Å². The Kier molecular flexibility index (Phi) is 5.57. The lowest BCUT2D eigenvalue weighted by Gasteiger charge is -2.18. The van der Waals surface area contributed by atoms with E-state index >= 15 is 0 Å². The summed E-state index contributed by atoms with van der Waals surface area (Å²) in [6, 6.07) is 56.4. The summed E-state index contributed by atoms with van der Waals surface area (Å²) in [6.07, 6.45) is 0. The van der Waals surface area contributed by atoms with Gasteiger partial charge in [0, 0.05) is 42.1 Å². The number of fused-ring (bicyclic) bond motifs is 10. The van der Waals surface area contributed by atoms with Gasteiger partial charge in [-0.25, -0.2) is 0 Å². The summed E-state index contributed by atoms with van der Waals surface area (Å²) in [5, 5.41) is 10.6. The van der Waals surface area contributed by atoms with Crippen LogP contribution in [0.4, 0.5) is 0 Å². The van der Waals surface area contributed by atoms with E-state index < -0.39 is 0 Å². The first-order valence-electron chi connectivity index (χ1n) is 16.6. The molecular formula is C46H26O2S. The fraction of sp³-hybridized carbons (Fsp3) is 0. The summed E-state index contributed by atoms with van der Waals surface area (Å²) in [5.74, 6) is 0.844. The second kappa shape index (κ2) is 10.2. The third-order valence-electron chi connectivity index (χ3n) is 10.1.